The molecule has 2 amide bonds. The summed E-state index contributed by atoms with van der Waals surface area (Å²) in [6.45, 7) is 3.60. The molecule has 0 saturated heterocycles. The van der Waals surface area contributed by atoms with Crippen LogP contribution in [0.2, 0.25) is 0 Å². The van der Waals surface area contributed by atoms with Crippen molar-refractivity contribution in [1.82, 2.24) is 5.32 Å². The van der Waals surface area contributed by atoms with Crippen LogP contribution in [0.4, 0.5) is 5.69 Å². The van der Waals surface area contributed by atoms with E-state index in [2.05, 4.69) is 16.7 Å². The minimum absolute atomic E-state index is 0.0850. The largest absolute Gasteiger partial charge is 0.494 e. The molecule has 10 heteroatoms. The number of esters is 1. The number of allylic oxidation sites excluding steroid dienone is 1. The van der Waals surface area contributed by atoms with Crippen LogP contribution in [0.3, 0.4) is 0 Å². The Kier molecular flexibility index (Phi) is 8.86. The highest BCUT2D eigenvalue weighted by atomic mass is 32.2. The third-order valence-electron chi connectivity index (χ3n) is 5.46. The highest BCUT2D eigenvalue weighted by molar-refractivity contribution is 8.03. The van der Waals surface area contributed by atoms with Crippen molar-refractivity contribution in [2.24, 2.45) is 5.92 Å². The molecule has 0 spiro atoms. The molecule has 9 nitrogen and oxygen atoms in total. The van der Waals surface area contributed by atoms with E-state index in [-0.39, 0.29) is 28.0 Å². The van der Waals surface area contributed by atoms with Gasteiger partial charge in [0.05, 0.1) is 36.1 Å². The molecule has 2 aromatic rings. The van der Waals surface area contributed by atoms with E-state index < -0.39 is 23.7 Å². The van der Waals surface area contributed by atoms with Crippen molar-refractivity contribution in [3.8, 4) is 11.8 Å². The molecule has 0 aliphatic carbocycles. The molecule has 1 aliphatic heterocycles. The molecule has 0 unspecified atom stereocenters. The molecule has 0 fully saturated rings. The van der Waals surface area contributed by atoms with E-state index in [1.165, 1.54) is 14.0 Å². The maximum atomic E-state index is 13.0. The third-order valence-corrected chi connectivity index (χ3v) is 6.48. The Bertz CT molecular complexity index is 1250. The fourth-order valence-corrected chi connectivity index (χ4v) is 4.65. The number of para-hydroxylation sites is 1. The second-order valence-corrected chi connectivity index (χ2v) is 8.75. The normalized spacial score (nSPS) is 17.0. The summed E-state index contributed by atoms with van der Waals surface area (Å²) in [7, 11) is 1.18. The molecule has 0 radical (unpaired) electrons. The lowest BCUT2D eigenvalue weighted by Gasteiger charge is -2.31. The van der Waals surface area contributed by atoms with Crippen LogP contribution >= 0.6 is 11.8 Å². The van der Waals surface area contributed by atoms with Gasteiger partial charge in [-0.15, -0.1) is 0 Å². The van der Waals surface area contributed by atoms with Crippen molar-refractivity contribution >= 4 is 41.0 Å². The summed E-state index contributed by atoms with van der Waals surface area (Å²) in [5.41, 5.74) is 1.65. The lowest BCUT2D eigenvalue weighted by atomic mass is 9.78. The first-order chi connectivity index (χ1) is 17.3. The van der Waals surface area contributed by atoms with E-state index in [0.717, 1.165) is 11.8 Å². The third kappa shape index (κ3) is 5.93. The molecule has 36 heavy (non-hydrogen) atoms. The molecule has 2 aromatic carbocycles. The number of Topliss-reactive ketones (excluding diaryl/α,β-unsaturated/α-hetero) is 1. The Morgan fingerprint density at radius 2 is 1.83 bits per heavy atom. The first-order valence-corrected chi connectivity index (χ1v) is 12.1. The van der Waals surface area contributed by atoms with E-state index >= 15 is 0 Å². The highest BCUT2D eigenvalue weighted by Crippen LogP contribution is 2.43. The van der Waals surface area contributed by atoms with E-state index in [1.807, 2.05) is 0 Å². The van der Waals surface area contributed by atoms with Gasteiger partial charge in [0, 0.05) is 22.7 Å². The maximum absolute atomic E-state index is 13.0. The van der Waals surface area contributed by atoms with Crippen LogP contribution in [0.1, 0.15) is 35.7 Å². The zero-order valence-electron chi connectivity index (χ0n) is 20.0. The molecule has 186 valence electrons. The van der Waals surface area contributed by atoms with Gasteiger partial charge < -0.3 is 20.1 Å². The molecular formula is C26H25N3O6S. The SMILES string of the molecule is CCOc1ccccc1[C@H]1C(C#N)=C(SCC(=O)Nc2ccc(C(C)=O)cc2)NC(=O)[C@H]1C(=O)OC. The first-order valence-electron chi connectivity index (χ1n) is 11.1. The van der Waals surface area contributed by atoms with Crippen LogP contribution < -0.4 is 15.4 Å². The molecule has 1 heterocycles. The van der Waals surface area contributed by atoms with Crippen molar-refractivity contribution in [1.29, 1.82) is 5.26 Å². The van der Waals surface area contributed by atoms with Gasteiger partial charge >= 0.3 is 5.97 Å². The number of benzene rings is 2. The summed E-state index contributed by atoms with van der Waals surface area (Å²) in [6, 6.07) is 15.4. The number of anilines is 1. The lowest BCUT2D eigenvalue weighted by Crippen LogP contribution is -2.44. The van der Waals surface area contributed by atoms with Crippen molar-refractivity contribution in [2.75, 3.05) is 24.8 Å². The van der Waals surface area contributed by atoms with Gasteiger partial charge in [-0.2, -0.15) is 5.26 Å². The van der Waals surface area contributed by atoms with Gasteiger partial charge in [-0.3, -0.25) is 19.2 Å². The Hall–Kier alpha value is -4.10. The predicted octanol–water partition coefficient (Wildman–Crippen LogP) is 3.40. The Morgan fingerprint density at radius 3 is 2.44 bits per heavy atom. The molecule has 2 atom stereocenters. The highest BCUT2D eigenvalue weighted by Gasteiger charge is 2.45. The Labute approximate surface area is 212 Å². The van der Waals surface area contributed by atoms with Crippen LogP contribution in [-0.4, -0.2) is 43.0 Å². The van der Waals surface area contributed by atoms with Crippen molar-refractivity contribution < 1.29 is 28.7 Å². The predicted molar refractivity (Wildman–Crippen MR) is 134 cm³/mol. The summed E-state index contributed by atoms with van der Waals surface area (Å²) in [5, 5.41) is 15.5. The van der Waals surface area contributed by atoms with Crippen LogP contribution in [0.15, 0.2) is 59.1 Å². The molecule has 2 N–H and O–H groups in total. The quantitative estimate of drug-likeness (QED) is 0.300. The lowest BCUT2D eigenvalue weighted by molar-refractivity contribution is -0.150. The number of nitrogens with zero attached hydrogens (tertiary/aromatic N) is 1. The van der Waals surface area contributed by atoms with Crippen LogP contribution in [0.25, 0.3) is 0 Å². The fourth-order valence-electron chi connectivity index (χ4n) is 3.80. The van der Waals surface area contributed by atoms with E-state index in [4.69, 9.17) is 9.47 Å². The van der Waals surface area contributed by atoms with E-state index in [1.54, 1.807) is 55.5 Å². The minimum atomic E-state index is -1.30. The number of hydrogen-bond donors (Lipinski definition) is 2. The van der Waals surface area contributed by atoms with Gasteiger partial charge in [-0.05, 0) is 44.2 Å². The summed E-state index contributed by atoms with van der Waals surface area (Å²) < 4.78 is 10.6. The molecule has 0 saturated carbocycles. The number of rotatable bonds is 9. The smallest absolute Gasteiger partial charge is 0.319 e. The number of hydrogen-bond acceptors (Lipinski definition) is 8. The van der Waals surface area contributed by atoms with Crippen LogP contribution in [0.5, 0.6) is 5.75 Å². The number of ketones is 1. The topological polar surface area (TPSA) is 135 Å². The standard InChI is InChI=1S/C26H25N3O6S/c1-4-35-20-8-6-5-7-18(20)22-19(13-27)25(29-24(32)23(22)26(33)34-3)36-14-21(31)28-17-11-9-16(10-12-17)15(2)30/h5-12,22-23H,4,14H2,1-3H3,(H,28,31)(H,29,32)/t22-,23-/m0/s1. The van der Waals surface area contributed by atoms with E-state index in [9.17, 15) is 24.4 Å². The van der Waals surface area contributed by atoms with Crippen molar-refractivity contribution in [3.63, 3.8) is 0 Å². The summed E-state index contributed by atoms with van der Waals surface area (Å²) >= 11 is 0.974. The van der Waals surface area contributed by atoms with Crippen LogP contribution in [0, 0.1) is 17.2 Å². The van der Waals surface area contributed by atoms with E-state index in [0.29, 0.717) is 29.2 Å². The molecule has 0 aromatic heterocycles. The molecular weight excluding hydrogens is 482 g/mol. The average Bonchev–Trinajstić information content (AvgIpc) is 2.87. The Balaban J connectivity index is 1.89. The molecule has 3 rings (SSSR count). The summed E-state index contributed by atoms with van der Waals surface area (Å²) in [6.07, 6.45) is 0. The Morgan fingerprint density at radius 1 is 1.14 bits per heavy atom. The number of thioether (sulfide) groups is 1. The monoisotopic (exact) mass is 507 g/mol. The van der Waals surface area contributed by atoms with Gasteiger partial charge in [-0.25, -0.2) is 0 Å². The molecule has 0 bridgehead atoms. The van der Waals surface area contributed by atoms with Crippen LogP contribution in [-0.2, 0) is 19.1 Å². The van der Waals surface area contributed by atoms with Crippen molar-refractivity contribution in [3.05, 3.63) is 70.3 Å². The van der Waals surface area contributed by atoms with Gasteiger partial charge in [-0.1, -0.05) is 30.0 Å². The number of carbonyl (C=O) groups is 4. The van der Waals surface area contributed by atoms with Gasteiger partial charge in [0.25, 0.3) is 0 Å². The number of amides is 2. The second-order valence-electron chi connectivity index (χ2n) is 7.76. The summed E-state index contributed by atoms with van der Waals surface area (Å²) in [5.74, 6) is -3.82. The van der Waals surface area contributed by atoms with Gasteiger partial charge in [0.2, 0.25) is 11.8 Å². The number of carbonyl (C=O) groups excluding carboxylic acids is 4. The number of methoxy groups -OCH3 is 1. The first kappa shape index (κ1) is 26.5. The zero-order valence-corrected chi connectivity index (χ0v) is 20.8. The number of ether oxygens (including phenoxy) is 2. The maximum Gasteiger partial charge on any atom is 0.319 e. The second kappa shape index (κ2) is 12.0. The average molecular weight is 508 g/mol. The fraction of sp³-hybridized carbons (Fsp3) is 0.269. The minimum Gasteiger partial charge on any atom is -0.494 e. The summed E-state index contributed by atoms with van der Waals surface area (Å²) in [4.78, 5) is 49.6. The van der Waals surface area contributed by atoms with Gasteiger partial charge in [0.1, 0.15) is 11.7 Å². The number of nitriles is 1. The van der Waals surface area contributed by atoms with Crippen molar-refractivity contribution in [2.45, 2.75) is 19.8 Å². The zero-order chi connectivity index (χ0) is 26.2. The number of nitrogens with one attached hydrogen (secondary N) is 2. The molecule has 1 aliphatic rings. The van der Waals surface area contributed by atoms with Gasteiger partial charge in [0.15, 0.2) is 5.78 Å².